The van der Waals surface area contributed by atoms with E-state index < -0.39 is 0 Å². The number of likely N-dealkylation sites (tertiary alicyclic amines) is 1. The Labute approximate surface area is 92.0 Å². The Kier molecular flexibility index (Phi) is 4.35. The van der Waals surface area contributed by atoms with Gasteiger partial charge in [0.15, 0.2) is 0 Å². The van der Waals surface area contributed by atoms with E-state index in [1.54, 1.807) is 6.08 Å². The highest BCUT2D eigenvalue weighted by atomic mass is 16.2. The quantitative estimate of drug-likeness (QED) is 0.646. The molecule has 1 fully saturated rings. The maximum Gasteiger partial charge on any atom is 0.223 e. The molecule has 0 aromatic heterocycles. The summed E-state index contributed by atoms with van der Waals surface area (Å²) in [5.41, 5.74) is 1.17. The smallest absolute Gasteiger partial charge is 0.223 e. The van der Waals surface area contributed by atoms with Gasteiger partial charge in [-0.15, -0.1) is 0 Å². The zero-order chi connectivity index (χ0) is 11.3. The molecular formula is C13H19NO. The lowest BCUT2D eigenvalue weighted by Gasteiger charge is -2.25. The predicted molar refractivity (Wildman–Crippen MR) is 63.5 cm³/mol. The highest BCUT2D eigenvalue weighted by Gasteiger charge is 2.25. The van der Waals surface area contributed by atoms with Crippen LogP contribution in [0.5, 0.6) is 0 Å². The van der Waals surface area contributed by atoms with Gasteiger partial charge in [-0.25, -0.2) is 0 Å². The molecule has 0 bridgehead atoms. The minimum atomic E-state index is 0.182. The molecule has 0 radical (unpaired) electrons. The average Bonchev–Trinajstić information content (AvgIpc) is 2.65. The number of allylic oxidation sites excluding steroid dienone is 3. The van der Waals surface area contributed by atoms with Crippen LogP contribution in [0.4, 0.5) is 0 Å². The normalized spacial score (nSPS) is 20.0. The highest BCUT2D eigenvalue weighted by Crippen LogP contribution is 2.19. The molecule has 0 saturated carbocycles. The van der Waals surface area contributed by atoms with E-state index in [1.165, 1.54) is 5.57 Å². The largest absolute Gasteiger partial charge is 0.336 e. The fourth-order valence-corrected chi connectivity index (χ4v) is 1.91. The van der Waals surface area contributed by atoms with Crippen molar-refractivity contribution in [3.63, 3.8) is 0 Å². The van der Waals surface area contributed by atoms with Crippen LogP contribution in [0.25, 0.3) is 0 Å². The minimum Gasteiger partial charge on any atom is -0.336 e. The van der Waals surface area contributed by atoms with Crippen molar-refractivity contribution in [2.45, 2.75) is 32.7 Å². The van der Waals surface area contributed by atoms with Gasteiger partial charge in [-0.05, 0) is 25.8 Å². The lowest BCUT2D eigenvalue weighted by Crippen LogP contribution is -2.34. The van der Waals surface area contributed by atoms with Crippen molar-refractivity contribution in [1.82, 2.24) is 4.90 Å². The topological polar surface area (TPSA) is 20.3 Å². The zero-order valence-corrected chi connectivity index (χ0v) is 9.57. The molecule has 0 aliphatic carbocycles. The van der Waals surface area contributed by atoms with E-state index in [0.717, 1.165) is 13.0 Å². The Morgan fingerprint density at radius 1 is 1.60 bits per heavy atom. The van der Waals surface area contributed by atoms with E-state index in [4.69, 9.17) is 0 Å². The van der Waals surface area contributed by atoms with Gasteiger partial charge in [0.1, 0.15) is 0 Å². The molecule has 82 valence electrons. The third-order valence-electron chi connectivity index (χ3n) is 2.82. The summed E-state index contributed by atoms with van der Waals surface area (Å²) in [6, 6.07) is 0.182. The van der Waals surface area contributed by atoms with Gasteiger partial charge in [-0.1, -0.05) is 30.9 Å². The number of hydrogen-bond donors (Lipinski definition) is 0. The molecule has 1 atom stereocenters. The second-order valence-electron chi connectivity index (χ2n) is 3.75. The highest BCUT2D eigenvalue weighted by molar-refractivity contribution is 5.78. The standard InChI is InChI=1S/C13H19NO/c1-4-6-8-12(5-2)11(3)14-10-7-9-13(14)15/h4-6,8,11H,1,7,9-10H2,2-3H3/b8-6-,12-5+. The summed E-state index contributed by atoms with van der Waals surface area (Å²) >= 11 is 0. The number of amides is 1. The van der Waals surface area contributed by atoms with E-state index in [9.17, 15) is 4.79 Å². The fraction of sp³-hybridized carbons (Fsp3) is 0.462. The van der Waals surface area contributed by atoms with Crippen molar-refractivity contribution in [3.8, 4) is 0 Å². The van der Waals surface area contributed by atoms with Gasteiger partial charge in [0.25, 0.3) is 0 Å². The maximum absolute atomic E-state index is 11.6. The van der Waals surface area contributed by atoms with Crippen LogP contribution in [0, 0.1) is 0 Å². The second kappa shape index (κ2) is 5.54. The van der Waals surface area contributed by atoms with Gasteiger partial charge in [0.05, 0.1) is 6.04 Å². The first kappa shape index (κ1) is 11.8. The molecule has 1 aliphatic rings. The summed E-state index contributed by atoms with van der Waals surface area (Å²) in [6.07, 6.45) is 9.42. The minimum absolute atomic E-state index is 0.182. The van der Waals surface area contributed by atoms with Crippen molar-refractivity contribution in [3.05, 3.63) is 36.5 Å². The van der Waals surface area contributed by atoms with Crippen LogP contribution >= 0.6 is 0 Å². The van der Waals surface area contributed by atoms with Crippen molar-refractivity contribution in [2.75, 3.05) is 6.54 Å². The Balaban J connectivity index is 2.72. The Hall–Kier alpha value is -1.31. The summed E-state index contributed by atoms with van der Waals surface area (Å²) < 4.78 is 0. The molecule has 1 unspecified atom stereocenters. The monoisotopic (exact) mass is 205 g/mol. The summed E-state index contributed by atoms with van der Waals surface area (Å²) in [5, 5.41) is 0. The van der Waals surface area contributed by atoms with E-state index in [1.807, 2.05) is 24.0 Å². The first-order valence-corrected chi connectivity index (χ1v) is 5.45. The number of carbonyl (C=O) groups is 1. The third kappa shape index (κ3) is 2.82. The molecule has 2 heteroatoms. The molecule has 1 amide bonds. The van der Waals surface area contributed by atoms with Crippen LogP contribution < -0.4 is 0 Å². The first-order chi connectivity index (χ1) is 7.20. The van der Waals surface area contributed by atoms with Crippen LogP contribution in [0.3, 0.4) is 0 Å². The summed E-state index contributed by atoms with van der Waals surface area (Å²) in [6.45, 7) is 8.61. The number of rotatable bonds is 4. The molecule has 0 aromatic carbocycles. The molecule has 1 heterocycles. The van der Waals surface area contributed by atoms with Crippen molar-refractivity contribution < 1.29 is 4.79 Å². The average molecular weight is 205 g/mol. The molecule has 1 rings (SSSR count). The Bertz CT molecular complexity index is 302. The van der Waals surface area contributed by atoms with Gasteiger partial charge in [-0.2, -0.15) is 0 Å². The SMILES string of the molecule is C=C/C=C\C(=C/C)C(C)N1CCCC1=O. The third-order valence-corrected chi connectivity index (χ3v) is 2.82. The first-order valence-electron chi connectivity index (χ1n) is 5.45. The Morgan fingerprint density at radius 2 is 2.33 bits per heavy atom. The van der Waals surface area contributed by atoms with Crippen molar-refractivity contribution >= 4 is 5.91 Å². The predicted octanol–water partition coefficient (Wildman–Crippen LogP) is 2.69. The van der Waals surface area contributed by atoms with Gasteiger partial charge in [0, 0.05) is 13.0 Å². The number of nitrogens with zero attached hydrogens (tertiary/aromatic N) is 1. The molecule has 1 aliphatic heterocycles. The van der Waals surface area contributed by atoms with Crippen LogP contribution in [-0.2, 0) is 4.79 Å². The maximum atomic E-state index is 11.6. The molecule has 2 nitrogen and oxygen atoms in total. The molecule has 0 aromatic rings. The van der Waals surface area contributed by atoms with Gasteiger partial charge >= 0.3 is 0 Å². The summed E-state index contributed by atoms with van der Waals surface area (Å²) in [7, 11) is 0. The second-order valence-corrected chi connectivity index (χ2v) is 3.75. The fourth-order valence-electron chi connectivity index (χ4n) is 1.91. The van der Waals surface area contributed by atoms with E-state index >= 15 is 0 Å². The molecular weight excluding hydrogens is 186 g/mol. The molecule has 0 spiro atoms. The Morgan fingerprint density at radius 3 is 2.80 bits per heavy atom. The molecule has 1 saturated heterocycles. The zero-order valence-electron chi connectivity index (χ0n) is 9.57. The lowest BCUT2D eigenvalue weighted by atomic mass is 10.1. The number of carbonyl (C=O) groups excluding carboxylic acids is 1. The van der Waals surface area contributed by atoms with Gasteiger partial charge in [-0.3, -0.25) is 4.79 Å². The van der Waals surface area contributed by atoms with Gasteiger partial charge in [0.2, 0.25) is 5.91 Å². The summed E-state index contributed by atoms with van der Waals surface area (Å²) in [5.74, 6) is 0.272. The van der Waals surface area contributed by atoms with Crippen LogP contribution in [0.2, 0.25) is 0 Å². The summed E-state index contributed by atoms with van der Waals surface area (Å²) in [4.78, 5) is 13.5. The van der Waals surface area contributed by atoms with Gasteiger partial charge < -0.3 is 4.90 Å². The number of hydrogen-bond acceptors (Lipinski definition) is 1. The van der Waals surface area contributed by atoms with Crippen LogP contribution in [0.1, 0.15) is 26.7 Å². The molecule has 15 heavy (non-hydrogen) atoms. The van der Waals surface area contributed by atoms with E-state index in [2.05, 4.69) is 19.6 Å². The van der Waals surface area contributed by atoms with Crippen LogP contribution in [-0.4, -0.2) is 23.4 Å². The lowest BCUT2D eigenvalue weighted by molar-refractivity contribution is -0.128. The molecule has 0 N–H and O–H groups in total. The van der Waals surface area contributed by atoms with E-state index in [-0.39, 0.29) is 11.9 Å². The van der Waals surface area contributed by atoms with Crippen molar-refractivity contribution in [1.29, 1.82) is 0 Å². The van der Waals surface area contributed by atoms with E-state index in [0.29, 0.717) is 6.42 Å². The van der Waals surface area contributed by atoms with Crippen LogP contribution in [0.15, 0.2) is 36.5 Å². The van der Waals surface area contributed by atoms with Crippen molar-refractivity contribution in [2.24, 2.45) is 0 Å².